The van der Waals surface area contributed by atoms with Crippen molar-refractivity contribution in [3.8, 4) is 0 Å². The van der Waals surface area contributed by atoms with Gasteiger partial charge in [-0.2, -0.15) is 0 Å². The molecule has 3 aliphatic rings. The summed E-state index contributed by atoms with van der Waals surface area (Å²) < 4.78 is 18.5. The summed E-state index contributed by atoms with van der Waals surface area (Å²) in [4.78, 5) is 20.9. The molecule has 3 N–H and O–H groups in total. The van der Waals surface area contributed by atoms with Crippen molar-refractivity contribution in [3.63, 3.8) is 0 Å². The highest BCUT2D eigenvalue weighted by molar-refractivity contribution is 8.13. The van der Waals surface area contributed by atoms with Crippen LogP contribution in [-0.4, -0.2) is 40.6 Å². The topological polar surface area (TPSA) is 89.6 Å². The summed E-state index contributed by atoms with van der Waals surface area (Å²) in [7, 11) is 0. The van der Waals surface area contributed by atoms with Gasteiger partial charge in [0.1, 0.15) is 11.6 Å². The molecule has 2 aliphatic heterocycles. The number of carbonyl (C=O) groups is 1. The van der Waals surface area contributed by atoms with Crippen LogP contribution in [0.25, 0.3) is 0 Å². The smallest absolute Gasteiger partial charge is 0.229 e. The quantitative estimate of drug-likeness (QED) is 0.867. The van der Waals surface area contributed by atoms with Crippen LogP contribution in [0.15, 0.2) is 23.3 Å². The molecule has 8 heteroatoms. The van der Waals surface area contributed by atoms with E-state index in [2.05, 4.69) is 15.3 Å². The summed E-state index contributed by atoms with van der Waals surface area (Å²) in [6, 6.07) is 2.73. The molecule has 6 nitrogen and oxygen atoms in total. The molecule has 3 heterocycles. The molecule has 1 aromatic heterocycles. The first-order valence-corrected chi connectivity index (χ1v) is 8.55. The Morgan fingerprint density at radius 2 is 2.39 bits per heavy atom. The third-order valence-corrected chi connectivity index (χ3v) is 5.81. The van der Waals surface area contributed by atoms with E-state index in [1.807, 2.05) is 0 Å². The molecule has 0 radical (unpaired) electrons. The number of nitrogens with two attached hydrogens (primary N) is 1. The molecule has 4 atom stereocenters. The van der Waals surface area contributed by atoms with Crippen LogP contribution in [-0.2, 0) is 9.53 Å². The Bertz CT molecular complexity index is 668. The third-order valence-electron chi connectivity index (χ3n) is 4.86. The van der Waals surface area contributed by atoms with E-state index in [0.717, 1.165) is 18.4 Å². The van der Waals surface area contributed by atoms with Crippen LogP contribution in [0.5, 0.6) is 0 Å². The number of thioether (sulfide) groups is 1. The molecule has 1 saturated carbocycles. The normalized spacial score (nSPS) is 35.3. The van der Waals surface area contributed by atoms with Gasteiger partial charge >= 0.3 is 0 Å². The van der Waals surface area contributed by atoms with Crippen molar-refractivity contribution in [1.82, 2.24) is 4.98 Å². The molecule has 122 valence electrons. The molecule has 0 unspecified atom stereocenters. The fourth-order valence-electron chi connectivity index (χ4n) is 3.56. The second kappa shape index (κ2) is 5.45. The van der Waals surface area contributed by atoms with Crippen molar-refractivity contribution in [2.45, 2.75) is 12.0 Å². The standard InChI is InChI=1S/C15H17FN4O2S/c16-9-1-2-12(18-4-9)19-13(21)10-3-11(10)15-7-22-5-8(15)6-23-14(17)20-15/h1-2,4,8,10-11H,3,5-7H2,(H2,17,20)(H,18,19,21)/t8-,10+,11+,15-/m0/s1. The number of pyridine rings is 1. The Hall–Kier alpha value is -1.67. The SMILES string of the molecule is NC1=N[C@@]2([C@@H]3C[C@H]3C(=O)Nc3ccc(F)cn3)COC[C@H]2CS1. The van der Waals surface area contributed by atoms with Gasteiger partial charge in [-0.05, 0) is 24.5 Å². The zero-order valence-electron chi connectivity index (χ0n) is 12.4. The lowest BCUT2D eigenvalue weighted by molar-refractivity contribution is -0.117. The zero-order valence-corrected chi connectivity index (χ0v) is 13.2. The number of nitrogens with zero attached hydrogens (tertiary/aromatic N) is 2. The van der Waals surface area contributed by atoms with E-state index in [0.29, 0.717) is 30.1 Å². The minimum absolute atomic E-state index is 0.0962. The van der Waals surface area contributed by atoms with Crippen molar-refractivity contribution in [1.29, 1.82) is 0 Å². The third kappa shape index (κ3) is 2.59. The van der Waals surface area contributed by atoms with Crippen molar-refractivity contribution in [2.24, 2.45) is 28.5 Å². The van der Waals surface area contributed by atoms with Crippen molar-refractivity contribution < 1.29 is 13.9 Å². The van der Waals surface area contributed by atoms with E-state index in [4.69, 9.17) is 10.5 Å². The Kier molecular flexibility index (Phi) is 3.53. The van der Waals surface area contributed by atoms with Crippen LogP contribution >= 0.6 is 11.8 Å². The van der Waals surface area contributed by atoms with Gasteiger partial charge in [-0.15, -0.1) is 0 Å². The lowest BCUT2D eigenvalue weighted by Crippen LogP contribution is -2.45. The van der Waals surface area contributed by atoms with Gasteiger partial charge in [0, 0.05) is 17.6 Å². The summed E-state index contributed by atoms with van der Waals surface area (Å²) in [5, 5.41) is 3.33. The van der Waals surface area contributed by atoms with E-state index in [1.54, 1.807) is 11.8 Å². The Morgan fingerprint density at radius 1 is 1.52 bits per heavy atom. The molecular formula is C15H17FN4O2S. The van der Waals surface area contributed by atoms with Gasteiger partial charge in [0.2, 0.25) is 5.91 Å². The molecule has 1 aliphatic carbocycles. The van der Waals surface area contributed by atoms with E-state index in [-0.39, 0.29) is 23.3 Å². The van der Waals surface area contributed by atoms with Gasteiger partial charge in [-0.1, -0.05) is 11.8 Å². The summed E-state index contributed by atoms with van der Waals surface area (Å²) in [5.74, 6) is 1.07. The molecule has 4 rings (SSSR count). The number of hydrogen-bond acceptors (Lipinski definition) is 6. The predicted octanol–water partition coefficient (Wildman–Crippen LogP) is 1.24. The van der Waals surface area contributed by atoms with Crippen LogP contribution in [0, 0.1) is 23.6 Å². The highest BCUT2D eigenvalue weighted by Gasteiger charge is 2.62. The number of halogens is 1. The number of anilines is 1. The molecule has 1 aromatic rings. The summed E-state index contributed by atoms with van der Waals surface area (Å²) in [6.45, 7) is 1.20. The molecule has 0 bridgehead atoms. The van der Waals surface area contributed by atoms with Gasteiger partial charge in [0.05, 0.1) is 24.9 Å². The number of aromatic nitrogens is 1. The van der Waals surface area contributed by atoms with Crippen LogP contribution in [0.4, 0.5) is 10.2 Å². The second-order valence-electron chi connectivity index (χ2n) is 6.26. The minimum atomic E-state index is -0.429. The zero-order chi connectivity index (χ0) is 16.0. The Labute approximate surface area is 137 Å². The Balaban J connectivity index is 1.47. The average molecular weight is 336 g/mol. The fourth-order valence-corrected chi connectivity index (χ4v) is 4.56. The first kappa shape index (κ1) is 14.9. The summed E-state index contributed by atoms with van der Waals surface area (Å²) >= 11 is 1.55. The average Bonchev–Trinajstić information content (AvgIpc) is 3.24. The Morgan fingerprint density at radius 3 is 3.17 bits per heavy atom. The maximum absolute atomic E-state index is 12.9. The van der Waals surface area contributed by atoms with Crippen molar-refractivity contribution in [2.75, 3.05) is 24.3 Å². The minimum Gasteiger partial charge on any atom is -0.379 e. The largest absolute Gasteiger partial charge is 0.379 e. The van der Waals surface area contributed by atoms with Crippen LogP contribution < -0.4 is 11.1 Å². The number of nitrogens with one attached hydrogen (secondary N) is 1. The first-order chi connectivity index (χ1) is 11.1. The predicted molar refractivity (Wildman–Crippen MR) is 85.5 cm³/mol. The van der Waals surface area contributed by atoms with Crippen molar-refractivity contribution in [3.05, 3.63) is 24.1 Å². The number of ether oxygens (including phenoxy) is 1. The highest BCUT2D eigenvalue weighted by Crippen LogP contribution is 2.55. The number of amides is 1. The molecule has 0 aromatic carbocycles. The van der Waals surface area contributed by atoms with Gasteiger partial charge in [0.15, 0.2) is 5.17 Å². The molecular weight excluding hydrogens is 319 g/mol. The van der Waals surface area contributed by atoms with E-state index < -0.39 is 5.82 Å². The van der Waals surface area contributed by atoms with Gasteiger partial charge in [-0.3, -0.25) is 9.79 Å². The van der Waals surface area contributed by atoms with Gasteiger partial charge in [0.25, 0.3) is 0 Å². The number of carbonyl (C=O) groups excluding carboxylic acids is 1. The van der Waals surface area contributed by atoms with Gasteiger partial charge in [-0.25, -0.2) is 9.37 Å². The first-order valence-electron chi connectivity index (χ1n) is 7.57. The number of fused-ring (bicyclic) bond motifs is 1. The van der Waals surface area contributed by atoms with E-state index in [1.165, 1.54) is 12.1 Å². The number of rotatable bonds is 3. The maximum atomic E-state index is 12.9. The monoisotopic (exact) mass is 336 g/mol. The molecule has 2 fully saturated rings. The summed E-state index contributed by atoms with van der Waals surface area (Å²) in [6.07, 6.45) is 1.86. The van der Waals surface area contributed by atoms with Crippen LogP contribution in [0.1, 0.15) is 6.42 Å². The fraction of sp³-hybridized carbons (Fsp3) is 0.533. The van der Waals surface area contributed by atoms with Crippen LogP contribution in [0.3, 0.4) is 0 Å². The number of aliphatic imine (C=N–C) groups is 1. The van der Waals surface area contributed by atoms with Gasteiger partial charge < -0.3 is 15.8 Å². The van der Waals surface area contributed by atoms with E-state index >= 15 is 0 Å². The number of hydrogen-bond donors (Lipinski definition) is 2. The molecule has 0 spiro atoms. The maximum Gasteiger partial charge on any atom is 0.229 e. The lowest BCUT2D eigenvalue weighted by Gasteiger charge is -2.34. The molecule has 1 saturated heterocycles. The second-order valence-corrected chi connectivity index (χ2v) is 7.30. The summed E-state index contributed by atoms with van der Waals surface area (Å²) in [5.41, 5.74) is 5.56. The molecule has 23 heavy (non-hydrogen) atoms. The van der Waals surface area contributed by atoms with E-state index in [9.17, 15) is 9.18 Å². The number of amidine groups is 1. The highest BCUT2D eigenvalue weighted by atomic mass is 32.2. The van der Waals surface area contributed by atoms with Crippen LogP contribution in [0.2, 0.25) is 0 Å². The molecule has 1 amide bonds. The van der Waals surface area contributed by atoms with Crippen molar-refractivity contribution >= 4 is 28.7 Å². The lowest BCUT2D eigenvalue weighted by atomic mass is 9.83.